The highest BCUT2D eigenvalue weighted by Crippen LogP contribution is 2.27. The summed E-state index contributed by atoms with van der Waals surface area (Å²) in [4.78, 5) is 0. The normalized spacial score (nSPS) is 29.2. The van der Waals surface area contributed by atoms with Crippen LogP contribution in [0.1, 0.15) is 59.3 Å². The van der Waals surface area contributed by atoms with Crippen LogP contribution in [-0.2, 0) is 0 Å². The first-order valence-electron chi connectivity index (χ1n) is 7.34. The molecule has 0 spiro atoms. The highest BCUT2D eigenvalue weighted by molar-refractivity contribution is 5.18. The molecule has 0 aromatic heterocycles. The van der Waals surface area contributed by atoms with E-state index in [0.29, 0.717) is 24.6 Å². The Morgan fingerprint density at radius 3 is 2.53 bits per heavy atom. The fraction of sp³-hybridized carbons (Fsp3) is 0.867. The maximum atomic E-state index is 8.98. The molecule has 0 saturated carbocycles. The standard InChI is InChI=1S/C15H29NO/c1-4-8-14-12(5-2)11-13(6-3)15(16-14)9-7-10-17/h11-12,14-17H,4-10H2,1-3H3/t12-,14+,15-/m0/s1. The summed E-state index contributed by atoms with van der Waals surface area (Å²) in [7, 11) is 0. The number of hydrogen-bond acceptors (Lipinski definition) is 2. The minimum atomic E-state index is 0.310. The first-order valence-corrected chi connectivity index (χ1v) is 7.34. The zero-order valence-electron chi connectivity index (χ0n) is 11.7. The summed E-state index contributed by atoms with van der Waals surface area (Å²) < 4.78 is 0. The van der Waals surface area contributed by atoms with Gasteiger partial charge >= 0.3 is 0 Å². The van der Waals surface area contributed by atoms with E-state index >= 15 is 0 Å². The molecule has 0 radical (unpaired) electrons. The molecule has 0 amide bonds. The Balaban J connectivity index is 2.70. The lowest BCUT2D eigenvalue weighted by molar-refractivity contribution is 0.262. The topological polar surface area (TPSA) is 32.3 Å². The lowest BCUT2D eigenvalue weighted by atomic mass is 9.83. The van der Waals surface area contributed by atoms with Gasteiger partial charge in [-0.15, -0.1) is 0 Å². The van der Waals surface area contributed by atoms with E-state index in [0.717, 1.165) is 19.3 Å². The molecule has 3 atom stereocenters. The molecule has 0 unspecified atom stereocenters. The van der Waals surface area contributed by atoms with Crippen molar-refractivity contribution in [2.75, 3.05) is 6.61 Å². The van der Waals surface area contributed by atoms with E-state index in [1.165, 1.54) is 19.3 Å². The summed E-state index contributed by atoms with van der Waals surface area (Å²) in [6, 6.07) is 1.15. The summed E-state index contributed by atoms with van der Waals surface area (Å²) in [5.41, 5.74) is 1.55. The summed E-state index contributed by atoms with van der Waals surface area (Å²) in [5, 5.41) is 12.8. The van der Waals surface area contributed by atoms with Crippen molar-refractivity contribution in [1.29, 1.82) is 0 Å². The van der Waals surface area contributed by atoms with E-state index in [2.05, 4.69) is 32.2 Å². The van der Waals surface area contributed by atoms with Gasteiger partial charge in [0.05, 0.1) is 0 Å². The molecule has 2 nitrogen and oxygen atoms in total. The zero-order chi connectivity index (χ0) is 12.7. The summed E-state index contributed by atoms with van der Waals surface area (Å²) in [6.45, 7) is 7.10. The van der Waals surface area contributed by atoms with Crippen molar-refractivity contribution in [3.8, 4) is 0 Å². The number of aliphatic hydroxyl groups excluding tert-OH is 1. The van der Waals surface area contributed by atoms with Crippen molar-refractivity contribution in [1.82, 2.24) is 5.32 Å². The van der Waals surface area contributed by atoms with Crippen LogP contribution in [0, 0.1) is 5.92 Å². The number of nitrogens with one attached hydrogen (secondary N) is 1. The second kappa shape index (κ2) is 7.88. The number of rotatable bonds is 7. The molecular formula is C15H29NO. The summed E-state index contributed by atoms with van der Waals surface area (Å²) >= 11 is 0. The first-order chi connectivity index (χ1) is 8.26. The van der Waals surface area contributed by atoms with Gasteiger partial charge in [0, 0.05) is 18.7 Å². The van der Waals surface area contributed by atoms with Gasteiger partial charge < -0.3 is 10.4 Å². The van der Waals surface area contributed by atoms with Gasteiger partial charge in [0.1, 0.15) is 0 Å². The maximum absolute atomic E-state index is 8.98. The van der Waals surface area contributed by atoms with Crippen molar-refractivity contribution in [3.63, 3.8) is 0 Å². The Morgan fingerprint density at radius 2 is 2.00 bits per heavy atom. The van der Waals surface area contributed by atoms with Crippen LogP contribution in [0.3, 0.4) is 0 Å². The molecular weight excluding hydrogens is 210 g/mol. The minimum Gasteiger partial charge on any atom is -0.396 e. The molecule has 0 saturated heterocycles. The SMILES string of the molecule is CCC[C@H]1N[C@@H](CCCO)C(CC)=C[C@@H]1CC. The largest absolute Gasteiger partial charge is 0.396 e. The van der Waals surface area contributed by atoms with Crippen LogP contribution >= 0.6 is 0 Å². The average molecular weight is 239 g/mol. The Bertz CT molecular complexity index is 237. The van der Waals surface area contributed by atoms with E-state index in [4.69, 9.17) is 5.11 Å². The fourth-order valence-corrected chi connectivity index (χ4v) is 2.94. The van der Waals surface area contributed by atoms with Gasteiger partial charge in [-0.05, 0) is 38.0 Å². The van der Waals surface area contributed by atoms with Crippen molar-refractivity contribution >= 4 is 0 Å². The van der Waals surface area contributed by atoms with Crippen LogP contribution in [0.2, 0.25) is 0 Å². The number of hydrogen-bond donors (Lipinski definition) is 2. The van der Waals surface area contributed by atoms with Crippen LogP contribution in [-0.4, -0.2) is 23.8 Å². The molecule has 1 heterocycles. The second-order valence-corrected chi connectivity index (χ2v) is 5.15. The zero-order valence-corrected chi connectivity index (χ0v) is 11.7. The van der Waals surface area contributed by atoms with Gasteiger partial charge in [0.15, 0.2) is 0 Å². The van der Waals surface area contributed by atoms with Crippen LogP contribution in [0.5, 0.6) is 0 Å². The molecule has 1 aliphatic rings. The highest BCUT2D eigenvalue weighted by atomic mass is 16.2. The summed E-state index contributed by atoms with van der Waals surface area (Å²) in [5.74, 6) is 0.704. The first kappa shape index (κ1) is 14.7. The average Bonchev–Trinajstić information content (AvgIpc) is 2.36. The van der Waals surface area contributed by atoms with Gasteiger partial charge in [0.25, 0.3) is 0 Å². The second-order valence-electron chi connectivity index (χ2n) is 5.15. The molecule has 17 heavy (non-hydrogen) atoms. The molecule has 0 aliphatic carbocycles. The van der Waals surface area contributed by atoms with Crippen LogP contribution in [0.15, 0.2) is 11.6 Å². The lowest BCUT2D eigenvalue weighted by Gasteiger charge is -2.37. The third-order valence-electron chi connectivity index (χ3n) is 3.94. The minimum absolute atomic E-state index is 0.310. The molecule has 2 N–H and O–H groups in total. The van der Waals surface area contributed by atoms with Crippen LogP contribution in [0.4, 0.5) is 0 Å². The van der Waals surface area contributed by atoms with Gasteiger partial charge in [-0.2, -0.15) is 0 Å². The Morgan fingerprint density at radius 1 is 1.24 bits per heavy atom. The fourth-order valence-electron chi connectivity index (χ4n) is 2.94. The molecule has 2 heteroatoms. The Labute approximate surface area is 106 Å². The molecule has 0 bridgehead atoms. The van der Waals surface area contributed by atoms with Gasteiger partial charge in [-0.25, -0.2) is 0 Å². The lowest BCUT2D eigenvalue weighted by Crippen LogP contribution is -2.47. The van der Waals surface area contributed by atoms with Gasteiger partial charge in [-0.3, -0.25) is 0 Å². The van der Waals surface area contributed by atoms with Crippen molar-refractivity contribution < 1.29 is 5.11 Å². The number of aliphatic hydroxyl groups is 1. The predicted molar refractivity (Wildman–Crippen MR) is 74.1 cm³/mol. The molecule has 0 aromatic carbocycles. The van der Waals surface area contributed by atoms with E-state index in [1.54, 1.807) is 5.57 Å². The van der Waals surface area contributed by atoms with Gasteiger partial charge in [0.2, 0.25) is 0 Å². The monoisotopic (exact) mass is 239 g/mol. The van der Waals surface area contributed by atoms with Crippen LogP contribution in [0.25, 0.3) is 0 Å². The highest BCUT2D eigenvalue weighted by Gasteiger charge is 2.27. The third-order valence-corrected chi connectivity index (χ3v) is 3.94. The molecule has 1 rings (SSSR count). The molecule has 100 valence electrons. The van der Waals surface area contributed by atoms with E-state index in [9.17, 15) is 0 Å². The smallest absolute Gasteiger partial charge is 0.0431 e. The van der Waals surface area contributed by atoms with Gasteiger partial charge in [-0.1, -0.05) is 38.8 Å². The third kappa shape index (κ3) is 4.11. The van der Waals surface area contributed by atoms with E-state index in [1.807, 2.05) is 0 Å². The summed E-state index contributed by atoms with van der Waals surface area (Å²) in [6.07, 6.45) is 9.38. The van der Waals surface area contributed by atoms with Crippen molar-refractivity contribution in [2.24, 2.45) is 5.92 Å². The Hall–Kier alpha value is -0.340. The van der Waals surface area contributed by atoms with Crippen LogP contribution < -0.4 is 5.32 Å². The quantitative estimate of drug-likeness (QED) is 0.668. The molecule has 0 fully saturated rings. The Kier molecular flexibility index (Phi) is 6.83. The molecule has 0 aromatic rings. The maximum Gasteiger partial charge on any atom is 0.0431 e. The predicted octanol–water partition coefficient (Wildman–Crippen LogP) is 3.26. The van der Waals surface area contributed by atoms with Crippen molar-refractivity contribution in [3.05, 3.63) is 11.6 Å². The van der Waals surface area contributed by atoms with Crippen molar-refractivity contribution in [2.45, 2.75) is 71.4 Å². The molecule has 1 aliphatic heterocycles. The van der Waals surface area contributed by atoms with E-state index in [-0.39, 0.29) is 0 Å². The van der Waals surface area contributed by atoms with E-state index < -0.39 is 0 Å².